The van der Waals surface area contributed by atoms with Crippen LogP contribution >= 0.6 is 0 Å². The summed E-state index contributed by atoms with van der Waals surface area (Å²) in [5.41, 5.74) is 2.08. The van der Waals surface area contributed by atoms with Gasteiger partial charge in [-0.3, -0.25) is 9.48 Å². The van der Waals surface area contributed by atoms with Crippen molar-refractivity contribution in [3.63, 3.8) is 0 Å². The van der Waals surface area contributed by atoms with E-state index in [-0.39, 0.29) is 11.7 Å². The normalized spacial score (nSPS) is 12.2. The molecule has 24 heavy (non-hydrogen) atoms. The maximum atomic E-state index is 12.5. The highest BCUT2D eigenvalue weighted by atomic mass is 16.5. The van der Waals surface area contributed by atoms with Crippen LogP contribution in [0.15, 0.2) is 35.2 Å². The Hall–Kier alpha value is -2.47. The Morgan fingerprint density at radius 2 is 2.08 bits per heavy atom. The zero-order valence-corrected chi connectivity index (χ0v) is 14.3. The summed E-state index contributed by atoms with van der Waals surface area (Å²) in [6, 6.07) is 5.75. The molecule has 3 aromatic rings. The number of benzene rings is 1. The molecule has 3 rings (SSSR count). The summed E-state index contributed by atoms with van der Waals surface area (Å²) in [5, 5.41) is 19.2. The first-order valence-electron chi connectivity index (χ1n) is 7.93. The molecule has 6 nitrogen and oxygen atoms in total. The monoisotopic (exact) mass is 327 g/mol. The SMILES string of the molecule is CC(C)C(=O)c1nn(CC(C)(C)O)c2cc(-c3cnoc3)ccc12. The number of carbonyl (C=O) groups excluding carboxylic acids is 1. The number of carbonyl (C=O) groups is 1. The van der Waals surface area contributed by atoms with Crippen LogP contribution in [-0.2, 0) is 6.54 Å². The second-order valence-electron chi connectivity index (χ2n) is 6.98. The van der Waals surface area contributed by atoms with Crippen molar-refractivity contribution in [2.75, 3.05) is 0 Å². The van der Waals surface area contributed by atoms with Gasteiger partial charge in [-0.1, -0.05) is 25.1 Å². The van der Waals surface area contributed by atoms with Gasteiger partial charge in [-0.15, -0.1) is 0 Å². The number of rotatable bonds is 5. The third-order valence-corrected chi connectivity index (χ3v) is 3.81. The van der Waals surface area contributed by atoms with Gasteiger partial charge in [0.25, 0.3) is 0 Å². The van der Waals surface area contributed by atoms with E-state index in [1.165, 1.54) is 0 Å². The van der Waals surface area contributed by atoms with Crippen LogP contribution in [0.25, 0.3) is 22.0 Å². The van der Waals surface area contributed by atoms with Crippen molar-refractivity contribution in [3.8, 4) is 11.1 Å². The van der Waals surface area contributed by atoms with E-state index in [9.17, 15) is 9.90 Å². The van der Waals surface area contributed by atoms with Crippen molar-refractivity contribution in [2.45, 2.75) is 39.8 Å². The minimum atomic E-state index is -0.940. The van der Waals surface area contributed by atoms with Crippen molar-refractivity contribution in [1.82, 2.24) is 14.9 Å². The van der Waals surface area contributed by atoms with Crippen LogP contribution in [0.3, 0.4) is 0 Å². The molecule has 1 aromatic carbocycles. The fraction of sp³-hybridized carbons (Fsp3) is 0.389. The number of hydrogen-bond acceptors (Lipinski definition) is 5. The molecular formula is C18H21N3O3. The minimum Gasteiger partial charge on any atom is -0.389 e. The van der Waals surface area contributed by atoms with Crippen molar-refractivity contribution in [1.29, 1.82) is 0 Å². The standard InChI is InChI=1S/C18H21N3O3/c1-11(2)17(22)16-14-6-5-12(13-8-19-24-9-13)7-15(14)21(20-16)10-18(3,4)23/h5-9,11,23H,10H2,1-4H3. The molecule has 0 fully saturated rings. The lowest BCUT2D eigenvalue weighted by Gasteiger charge is -2.17. The van der Waals surface area contributed by atoms with Gasteiger partial charge in [-0.2, -0.15) is 5.10 Å². The number of nitrogens with zero attached hydrogens (tertiary/aromatic N) is 3. The minimum absolute atomic E-state index is 0.00720. The van der Waals surface area contributed by atoms with Gasteiger partial charge in [0.15, 0.2) is 5.78 Å². The third-order valence-electron chi connectivity index (χ3n) is 3.81. The van der Waals surface area contributed by atoms with Gasteiger partial charge in [0.1, 0.15) is 12.0 Å². The van der Waals surface area contributed by atoms with Gasteiger partial charge >= 0.3 is 0 Å². The zero-order valence-electron chi connectivity index (χ0n) is 14.3. The summed E-state index contributed by atoms with van der Waals surface area (Å²) in [4.78, 5) is 12.5. The Morgan fingerprint density at radius 3 is 2.67 bits per heavy atom. The van der Waals surface area contributed by atoms with E-state index in [0.717, 1.165) is 22.0 Å². The Labute approximate surface area is 140 Å². The molecule has 0 aliphatic rings. The molecule has 6 heteroatoms. The first-order valence-corrected chi connectivity index (χ1v) is 7.93. The van der Waals surface area contributed by atoms with Crippen LogP contribution in [-0.4, -0.2) is 31.4 Å². The molecule has 0 aliphatic carbocycles. The molecule has 0 bridgehead atoms. The molecule has 2 heterocycles. The molecule has 0 saturated carbocycles. The highest BCUT2D eigenvalue weighted by Gasteiger charge is 2.23. The lowest BCUT2D eigenvalue weighted by molar-refractivity contribution is 0.0587. The number of ketones is 1. The van der Waals surface area contributed by atoms with Crippen molar-refractivity contribution in [2.24, 2.45) is 5.92 Å². The van der Waals surface area contributed by atoms with E-state index in [4.69, 9.17) is 4.52 Å². The van der Waals surface area contributed by atoms with E-state index < -0.39 is 5.60 Å². The Balaban J connectivity index is 2.19. The summed E-state index contributed by atoms with van der Waals surface area (Å²) in [6.07, 6.45) is 3.20. The highest BCUT2D eigenvalue weighted by molar-refractivity contribution is 6.07. The van der Waals surface area contributed by atoms with Crippen molar-refractivity contribution < 1.29 is 14.4 Å². The van der Waals surface area contributed by atoms with Crippen molar-refractivity contribution >= 4 is 16.7 Å². The van der Waals surface area contributed by atoms with E-state index >= 15 is 0 Å². The number of aromatic nitrogens is 3. The van der Waals surface area contributed by atoms with Gasteiger partial charge in [-0.05, 0) is 31.5 Å². The largest absolute Gasteiger partial charge is 0.389 e. The summed E-state index contributed by atoms with van der Waals surface area (Å²) < 4.78 is 6.60. The van der Waals surface area contributed by atoms with E-state index in [0.29, 0.717) is 12.2 Å². The van der Waals surface area contributed by atoms with Gasteiger partial charge < -0.3 is 9.63 Å². The number of Topliss-reactive ketones (excluding diaryl/α,β-unsaturated/α-hetero) is 1. The molecule has 2 aromatic heterocycles. The topological polar surface area (TPSA) is 81.2 Å². The number of fused-ring (bicyclic) bond motifs is 1. The second kappa shape index (κ2) is 5.87. The molecule has 126 valence electrons. The van der Waals surface area contributed by atoms with Crippen molar-refractivity contribution in [3.05, 3.63) is 36.4 Å². The van der Waals surface area contributed by atoms with Crippen LogP contribution in [0.1, 0.15) is 38.2 Å². The molecule has 1 N–H and O–H groups in total. The molecule has 0 radical (unpaired) electrons. The zero-order chi connectivity index (χ0) is 17.5. The molecule has 0 saturated heterocycles. The maximum absolute atomic E-state index is 12.5. The quantitative estimate of drug-likeness (QED) is 0.727. The summed E-state index contributed by atoms with van der Waals surface area (Å²) in [6.45, 7) is 7.44. The van der Waals surface area contributed by atoms with Crippen LogP contribution in [0.4, 0.5) is 0 Å². The van der Waals surface area contributed by atoms with Gasteiger partial charge in [0.2, 0.25) is 0 Å². The molecule has 0 amide bonds. The average molecular weight is 327 g/mol. The summed E-state index contributed by atoms with van der Waals surface area (Å²) in [7, 11) is 0. The van der Waals surface area contributed by atoms with Crippen LogP contribution < -0.4 is 0 Å². The first kappa shape index (κ1) is 16.4. The number of hydrogen-bond donors (Lipinski definition) is 1. The predicted octanol–water partition coefficient (Wildman–Crippen LogP) is 3.30. The smallest absolute Gasteiger partial charge is 0.186 e. The Kier molecular flexibility index (Phi) is 4.01. The fourth-order valence-electron chi connectivity index (χ4n) is 2.64. The van der Waals surface area contributed by atoms with E-state index in [1.807, 2.05) is 32.0 Å². The fourth-order valence-corrected chi connectivity index (χ4v) is 2.64. The Bertz CT molecular complexity index is 871. The third kappa shape index (κ3) is 3.10. The van der Waals surface area contributed by atoms with Gasteiger partial charge in [0, 0.05) is 16.9 Å². The number of aliphatic hydroxyl groups is 1. The average Bonchev–Trinajstić information content (AvgIpc) is 3.13. The van der Waals surface area contributed by atoms with E-state index in [2.05, 4.69) is 10.3 Å². The molecular weight excluding hydrogens is 306 g/mol. The molecule has 0 aliphatic heterocycles. The summed E-state index contributed by atoms with van der Waals surface area (Å²) in [5.74, 6) is -0.149. The summed E-state index contributed by atoms with van der Waals surface area (Å²) >= 11 is 0. The maximum Gasteiger partial charge on any atom is 0.186 e. The molecule has 0 atom stereocenters. The second-order valence-corrected chi connectivity index (χ2v) is 6.98. The highest BCUT2D eigenvalue weighted by Crippen LogP contribution is 2.28. The van der Waals surface area contributed by atoms with Gasteiger partial charge in [-0.25, -0.2) is 0 Å². The molecule has 0 spiro atoms. The predicted molar refractivity (Wildman–Crippen MR) is 90.7 cm³/mol. The lowest BCUT2D eigenvalue weighted by atomic mass is 10.0. The lowest BCUT2D eigenvalue weighted by Crippen LogP contribution is -2.26. The van der Waals surface area contributed by atoms with Crippen LogP contribution in [0.5, 0.6) is 0 Å². The van der Waals surface area contributed by atoms with Crippen LogP contribution in [0, 0.1) is 5.92 Å². The van der Waals surface area contributed by atoms with E-state index in [1.54, 1.807) is 31.0 Å². The Morgan fingerprint density at radius 1 is 1.33 bits per heavy atom. The molecule has 0 unspecified atom stereocenters. The van der Waals surface area contributed by atoms with Gasteiger partial charge in [0.05, 0.1) is 23.9 Å². The van der Waals surface area contributed by atoms with Crippen LogP contribution in [0.2, 0.25) is 0 Å². The first-order chi connectivity index (χ1) is 11.3.